The topological polar surface area (TPSA) is 0 Å². The fraction of sp³-hybridized carbons (Fsp3) is 0.0526. The van der Waals surface area contributed by atoms with E-state index in [0.29, 0.717) is 0 Å². The molecule has 0 nitrogen and oxygen atoms in total. The van der Waals surface area contributed by atoms with Crippen molar-refractivity contribution in [2.45, 2.75) is 4.83 Å². The second-order valence-electron chi connectivity index (χ2n) is 4.90. The third-order valence-corrected chi connectivity index (χ3v) is 5.25. The van der Waals surface area contributed by atoms with Crippen molar-refractivity contribution in [1.82, 2.24) is 0 Å². The maximum atomic E-state index is 3.80. The third kappa shape index (κ3) is 3.55. The van der Waals surface area contributed by atoms with Crippen LogP contribution in [-0.2, 0) is 0 Å². The second kappa shape index (κ2) is 6.75. The van der Waals surface area contributed by atoms with Crippen LogP contribution in [-0.4, -0.2) is 0 Å². The summed E-state index contributed by atoms with van der Waals surface area (Å²) >= 11 is 6.13. The molecule has 0 aliphatic rings. The zero-order valence-electron chi connectivity index (χ0n) is 11.3. The standard InChI is InChI=1S/C19H14BrI/c20-19(17-10-12-18(21)13-11-17)16-8-6-15(7-9-16)14-4-2-1-3-5-14/h1-13,19H. The minimum atomic E-state index is 0.235. The van der Waals surface area contributed by atoms with Gasteiger partial charge in [-0.3, -0.25) is 0 Å². The molecule has 2 heteroatoms. The summed E-state index contributed by atoms with van der Waals surface area (Å²) in [5.74, 6) is 0. The van der Waals surface area contributed by atoms with Gasteiger partial charge in [0.15, 0.2) is 0 Å². The molecule has 0 aromatic heterocycles. The van der Waals surface area contributed by atoms with Gasteiger partial charge in [0.1, 0.15) is 0 Å². The molecule has 21 heavy (non-hydrogen) atoms. The molecule has 104 valence electrons. The molecule has 1 unspecified atom stereocenters. The number of hydrogen-bond donors (Lipinski definition) is 0. The average Bonchev–Trinajstić information content (AvgIpc) is 2.56. The van der Waals surface area contributed by atoms with Gasteiger partial charge in [0.2, 0.25) is 0 Å². The first-order chi connectivity index (χ1) is 10.2. The minimum absolute atomic E-state index is 0.235. The Hall–Kier alpha value is -1.13. The van der Waals surface area contributed by atoms with E-state index in [2.05, 4.69) is 111 Å². The zero-order chi connectivity index (χ0) is 14.7. The normalized spacial score (nSPS) is 12.1. The molecule has 0 aliphatic heterocycles. The highest BCUT2D eigenvalue weighted by atomic mass is 127. The molecule has 1 atom stereocenters. The molecule has 0 bridgehead atoms. The molecule has 3 aromatic carbocycles. The van der Waals surface area contributed by atoms with Crippen molar-refractivity contribution in [3.63, 3.8) is 0 Å². The van der Waals surface area contributed by atoms with Crippen LogP contribution in [0.5, 0.6) is 0 Å². The third-order valence-electron chi connectivity index (χ3n) is 3.47. The largest absolute Gasteiger partial charge is 0.0786 e. The summed E-state index contributed by atoms with van der Waals surface area (Å²) in [5, 5.41) is 0. The Kier molecular flexibility index (Phi) is 4.76. The lowest BCUT2D eigenvalue weighted by Gasteiger charge is -2.12. The molecule has 3 aromatic rings. The van der Waals surface area contributed by atoms with E-state index in [0.717, 1.165) is 0 Å². The summed E-state index contributed by atoms with van der Waals surface area (Å²) in [7, 11) is 0. The van der Waals surface area contributed by atoms with E-state index < -0.39 is 0 Å². The van der Waals surface area contributed by atoms with Crippen LogP contribution >= 0.6 is 38.5 Å². The van der Waals surface area contributed by atoms with E-state index in [1.807, 2.05) is 6.07 Å². The number of halogens is 2. The van der Waals surface area contributed by atoms with Crippen molar-refractivity contribution in [2.75, 3.05) is 0 Å². The quantitative estimate of drug-likeness (QED) is 0.319. The van der Waals surface area contributed by atoms with Gasteiger partial charge in [0, 0.05) is 3.57 Å². The fourth-order valence-corrected chi connectivity index (χ4v) is 3.27. The molecule has 3 rings (SSSR count). The van der Waals surface area contributed by atoms with Gasteiger partial charge in [-0.2, -0.15) is 0 Å². The van der Waals surface area contributed by atoms with Gasteiger partial charge >= 0.3 is 0 Å². The van der Waals surface area contributed by atoms with Gasteiger partial charge in [-0.25, -0.2) is 0 Å². The average molecular weight is 449 g/mol. The molecular formula is C19H14BrI. The lowest BCUT2D eigenvalue weighted by atomic mass is 10.0. The van der Waals surface area contributed by atoms with Gasteiger partial charge in [0.25, 0.3) is 0 Å². The maximum absolute atomic E-state index is 3.80. The summed E-state index contributed by atoms with van der Waals surface area (Å²) in [6.07, 6.45) is 0. The SMILES string of the molecule is BrC(c1ccc(I)cc1)c1ccc(-c2ccccc2)cc1. The Morgan fingerprint density at radius 3 is 1.67 bits per heavy atom. The van der Waals surface area contributed by atoms with Crippen molar-refractivity contribution >= 4 is 38.5 Å². The summed E-state index contributed by atoms with van der Waals surface area (Å²) in [4.78, 5) is 0.235. The monoisotopic (exact) mass is 448 g/mol. The lowest BCUT2D eigenvalue weighted by molar-refractivity contribution is 1.18. The van der Waals surface area contributed by atoms with Crippen molar-refractivity contribution in [2.24, 2.45) is 0 Å². The Morgan fingerprint density at radius 1 is 0.619 bits per heavy atom. The molecule has 0 radical (unpaired) electrons. The number of rotatable bonds is 3. The van der Waals surface area contributed by atoms with Crippen LogP contribution in [0, 0.1) is 3.57 Å². The fourth-order valence-electron chi connectivity index (χ4n) is 2.30. The maximum Gasteiger partial charge on any atom is 0.0644 e. The molecule has 0 saturated heterocycles. The molecule has 0 saturated carbocycles. The van der Waals surface area contributed by atoms with Gasteiger partial charge in [-0.05, 0) is 57.0 Å². The first-order valence-electron chi connectivity index (χ1n) is 6.79. The summed E-state index contributed by atoms with van der Waals surface area (Å²) < 4.78 is 1.26. The number of benzene rings is 3. The van der Waals surface area contributed by atoms with Gasteiger partial charge in [0.05, 0.1) is 4.83 Å². The van der Waals surface area contributed by atoms with Crippen molar-refractivity contribution < 1.29 is 0 Å². The van der Waals surface area contributed by atoms with Crippen LogP contribution in [0.3, 0.4) is 0 Å². The minimum Gasteiger partial charge on any atom is -0.0786 e. The molecular weight excluding hydrogens is 435 g/mol. The molecule has 0 spiro atoms. The van der Waals surface area contributed by atoms with E-state index in [1.165, 1.54) is 25.8 Å². The first-order valence-corrected chi connectivity index (χ1v) is 8.78. The molecule has 0 fully saturated rings. The smallest absolute Gasteiger partial charge is 0.0644 e. The molecule has 0 amide bonds. The Labute approximate surface area is 147 Å². The Balaban J connectivity index is 1.85. The van der Waals surface area contributed by atoms with Crippen LogP contribution in [0.2, 0.25) is 0 Å². The van der Waals surface area contributed by atoms with Crippen molar-refractivity contribution in [1.29, 1.82) is 0 Å². The lowest BCUT2D eigenvalue weighted by Crippen LogP contribution is -1.92. The molecule has 0 N–H and O–H groups in total. The van der Waals surface area contributed by atoms with E-state index >= 15 is 0 Å². The van der Waals surface area contributed by atoms with Gasteiger partial charge in [-0.1, -0.05) is 82.7 Å². The van der Waals surface area contributed by atoms with Crippen LogP contribution in [0.1, 0.15) is 16.0 Å². The summed E-state index contributed by atoms with van der Waals surface area (Å²) in [6.45, 7) is 0. The Bertz CT molecular complexity index is 703. The summed E-state index contributed by atoms with van der Waals surface area (Å²) in [6, 6.07) is 27.9. The van der Waals surface area contributed by atoms with Gasteiger partial charge < -0.3 is 0 Å². The highest BCUT2D eigenvalue weighted by molar-refractivity contribution is 14.1. The van der Waals surface area contributed by atoms with E-state index in [-0.39, 0.29) is 4.83 Å². The van der Waals surface area contributed by atoms with Crippen molar-refractivity contribution in [3.8, 4) is 11.1 Å². The van der Waals surface area contributed by atoms with Crippen LogP contribution in [0.4, 0.5) is 0 Å². The Morgan fingerprint density at radius 2 is 1.10 bits per heavy atom. The van der Waals surface area contributed by atoms with Gasteiger partial charge in [-0.15, -0.1) is 0 Å². The highest BCUT2D eigenvalue weighted by Gasteiger charge is 2.10. The van der Waals surface area contributed by atoms with E-state index in [9.17, 15) is 0 Å². The highest BCUT2D eigenvalue weighted by Crippen LogP contribution is 2.32. The predicted molar refractivity (Wildman–Crippen MR) is 102 cm³/mol. The van der Waals surface area contributed by atoms with Crippen LogP contribution < -0.4 is 0 Å². The second-order valence-corrected chi connectivity index (χ2v) is 7.06. The molecule has 0 heterocycles. The predicted octanol–water partition coefficient (Wildman–Crippen LogP) is 6.44. The van der Waals surface area contributed by atoms with E-state index in [4.69, 9.17) is 0 Å². The first kappa shape index (κ1) is 14.8. The van der Waals surface area contributed by atoms with Crippen LogP contribution in [0.15, 0.2) is 78.9 Å². The van der Waals surface area contributed by atoms with Crippen molar-refractivity contribution in [3.05, 3.63) is 93.6 Å². The zero-order valence-corrected chi connectivity index (χ0v) is 15.1. The summed E-state index contributed by atoms with van der Waals surface area (Å²) in [5.41, 5.74) is 5.06. The number of alkyl halides is 1. The van der Waals surface area contributed by atoms with Crippen LogP contribution in [0.25, 0.3) is 11.1 Å². The molecule has 0 aliphatic carbocycles. The van der Waals surface area contributed by atoms with E-state index in [1.54, 1.807) is 0 Å². The number of hydrogen-bond acceptors (Lipinski definition) is 0.